The Hall–Kier alpha value is -1.90. The molecule has 1 aromatic carbocycles. The Balaban J connectivity index is 1.90. The van der Waals surface area contributed by atoms with E-state index in [2.05, 4.69) is 4.98 Å². The van der Waals surface area contributed by atoms with Crippen molar-refractivity contribution in [3.63, 3.8) is 0 Å². The normalized spacial score (nSPS) is 14.2. The summed E-state index contributed by atoms with van der Waals surface area (Å²) >= 11 is 6.15. The van der Waals surface area contributed by atoms with E-state index < -0.39 is 9.84 Å². The first-order chi connectivity index (χ1) is 13.9. The molecule has 7 nitrogen and oxygen atoms in total. The van der Waals surface area contributed by atoms with Gasteiger partial charge in [-0.25, -0.2) is 13.4 Å². The van der Waals surface area contributed by atoms with Crippen LogP contribution >= 0.6 is 11.6 Å². The number of carbonyl (C=O) groups is 1. The summed E-state index contributed by atoms with van der Waals surface area (Å²) in [4.78, 5) is 18.5. The number of rotatable bonds is 10. The molecule has 158 valence electrons. The minimum Gasteiger partial charge on any atom is -0.383 e. The number of hydrogen-bond acceptors (Lipinski definition) is 5. The number of halogens is 1. The van der Waals surface area contributed by atoms with Crippen LogP contribution in [-0.4, -0.2) is 49.0 Å². The van der Waals surface area contributed by atoms with Gasteiger partial charge in [-0.2, -0.15) is 0 Å². The molecule has 0 aliphatic heterocycles. The topological polar surface area (TPSA) is 81.5 Å². The highest BCUT2D eigenvalue weighted by atomic mass is 35.5. The van der Waals surface area contributed by atoms with Crippen molar-refractivity contribution in [1.29, 1.82) is 0 Å². The van der Waals surface area contributed by atoms with Crippen molar-refractivity contribution in [1.82, 2.24) is 14.5 Å². The summed E-state index contributed by atoms with van der Waals surface area (Å²) in [5, 5.41) is 0.373. The number of benzene rings is 1. The Kier molecular flexibility index (Phi) is 6.97. The maximum absolute atomic E-state index is 13.1. The van der Waals surface area contributed by atoms with Gasteiger partial charge in [0.05, 0.1) is 30.8 Å². The van der Waals surface area contributed by atoms with Crippen LogP contribution in [0.3, 0.4) is 0 Å². The Labute approximate surface area is 176 Å². The van der Waals surface area contributed by atoms with Crippen molar-refractivity contribution in [3.05, 3.63) is 46.7 Å². The number of carbonyl (C=O) groups excluding carboxylic acids is 1. The van der Waals surface area contributed by atoms with Gasteiger partial charge in [0.1, 0.15) is 0 Å². The molecule has 3 rings (SSSR count). The molecular formula is C20H26ClN3O4S. The molecule has 1 aromatic heterocycles. The average molecular weight is 440 g/mol. The van der Waals surface area contributed by atoms with Crippen LogP contribution in [0.2, 0.25) is 5.02 Å². The zero-order valence-electron chi connectivity index (χ0n) is 16.7. The monoisotopic (exact) mass is 439 g/mol. The molecule has 1 aliphatic carbocycles. The molecule has 1 amide bonds. The van der Waals surface area contributed by atoms with Gasteiger partial charge in [-0.1, -0.05) is 29.8 Å². The minimum absolute atomic E-state index is 0.0283. The second-order valence-electron chi connectivity index (χ2n) is 7.15. The van der Waals surface area contributed by atoms with E-state index >= 15 is 0 Å². The van der Waals surface area contributed by atoms with E-state index in [1.54, 1.807) is 40.8 Å². The number of sulfone groups is 1. The number of aromatic nitrogens is 2. The van der Waals surface area contributed by atoms with Gasteiger partial charge in [-0.15, -0.1) is 0 Å². The van der Waals surface area contributed by atoms with Crippen LogP contribution in [0.1, 0.15) is 31.0 Å². The van der Waals surface area contributed by atoms with Crippen molar-refractivity contribution in [2.75, 3.05) is 20.3 Å². The molecule has 0 unspecified atom stereocenters. The summed E-state index contributed by atoms with van der Waals surface area (Å²) < 4.78 is 33.0. The minimum atomic E-state index is -3.73. The predicted molar refractivity (Wildman–Crippen MR) is 110 cm³/mol. The molecule has 1 heterocycles. The van der Waals surface area contributed by atoms with Crippen LogP contribution < -0.4 is 0 Å². The van der Waals surface area contributed by atoms with Gasteiger partial charge >= 0.3 is 0 Å². The lowest BCUT2D eigenvalue weighted by atomic mass is 10.2. The van der Waals surface area contributed by atoms with E-state index in [0.29, 0.717) is 42.5 Å². The van der Waals surface area contributed by atoms with Crippen LogP contribution in [0.4, 0.5) is 0 Å². The fraction of sp³-hybridized carbons (Fsp3) is 0.500. The third-order valence-corrected chi connectivity index (χ3v) is 6.92. The van der Waals surface area contributed by atoms with Gasteiger partial charge in [0, 0.05) is 31.1 Å². The Morgan fingerprint density at radius 1 is 1.34 bits per heavy atom. The highest BCUT2D eigenvalue weighted by Crippen LogP contribution is 2.31. The molecule has 1 aliphatic rings. The standard InChI is InChI=1S/C20H26ClN3O4S/c1-3-23(19(25)15-8-9-15)13-17-12-22-20(24(17)10-11-28-2)29(26,27)14-16-6-4-5-7-18(16)21/h4-7,12,15H,3,8-11,13-14H2,1-2H3. The van der Waals surface area contributed by atoms with E-state index in [-0.39, 0.29) is 22.7 Å². The summed E-state index contributed by atoms with van der Waals surface area (Å²) in [6.45, 7) is 3.47. The summed E-state index contributed by atoms with van der Waals surface area (Å²) in [5.41, 5.74) is 1.20. The van der Waals surface area contributed by atoms with Gasteiger partial charge < -0.3 is 14.2 Å². The molecule has 0 atom stereocenters. The van der Waals surface area contributed by atoms with E-state index in [1.807, 2.05) is 6.92 Å². The molecule has 1 saturated carbocycles. The number of amides is 1. The van der Waals surface area contributed by atoms with Crippen LogP contribution in [0, 0.1) is 5.92 Å². The number of imidazole rings is 1. The van der Waals surface area contributed by atoms with Crippen molar-refractivity contribution < 1.29 is 17.9 Å². The van der Waals surface area contributed by atoms with Crippen LogP contribution in [0.5, 0.6) is 0 Å². The predicted octanol–water partition coefficient (Wildman–Crippen LogP) is 2.92. The number of hydrogen-bond donors (Lipinski definition) is 0. The second-order valence-corrected chi connectivity index (χ2v) is 9.44. The van der Waals surface area contributed by atoms with Gasteiger partial charge in [0.2, 0.25) is 20.9 Å². The Morgan fingerprint density at radius 2 is 2.07 bits per heavy atom. The molecule has 9 heteroatoms. The molecule has 0 saturated heterocycles. The summed E-state index contributed by atoms with van der Waals surface area (Å²) in [6, 6.07) is 6.86. The lowest BCUT2D eigenvalue weighted by Gasteiger charge is -2.22. The Bertz CT molecular complexity index is 970. The smallest absolute Gasteiger partial charge is 0.228 e. The molecule has 29 heavy (non-hydrogen) atoms. The van der Waals surface area contributed by atoms with Crippen LogP contribution in [0.15, 0.2) is 35.6 Å². The van der Waals surface area contributed by atoms with Gasteiger partial charge in [0.15, 0.2) is 0 Å². The largest absolute Gasteiger partial charge is 0.383 e. The first-order valence-electron chi connectivity index (χ1n) is 9.65. The highest BCUT2D eigenvalue weighted by Gasteiger charge is 2.33. The summed E-state index contributed by atoms with van der Waals surface area (Å²) in [7, 11) is -2.18. The Morgan fingerprint density at radius 3 is 2.69 bits per heavy atom. The summed E-state index contributed by atoms with van der Waals surface area (Å²) in [6.07, 6.45) is 3.39. The quantitative estimate of drug-likeness (QED) is 0.568. The van der Waals surface area contributed by atoms with Gasteiger partial charge in [0.25, 0.3) is 0 Å². The number of methoxy groups -OCH3 is 1. The number of nitrogens with zero attached hydrogens (tertiary/aromatic N) is 3. The van der Waals surface area contributed by atoms with E-state index in [4.69, 9.17) is 16.3 Å². The SMILES string of the molecule is CCN(Cc1cnc(S(=O)(=O)Cc2ccccc2Cl)n1CCOC)C(=O)C1CC1. The third kappa shape index (κ3) is 5.18. The highest BCUT2D eigenvalue weighted by molar-refractivity contribution is 7.90. The fourth-order valence-corrected chi connectivity index (χ4v) is 5.03. The number of ether oxygens (including phenoxy) is 1. The van der Waals surface area contributed by atoms with Gasteiger partial charge in [-0.3, -0.25) is 4.79 Å². The molecule has 0 N–H and O–H groups in total. The lowest BCUT2D eigenvalue weighted by molar-refractivity contribution is -0.133. The van der Waals surface area contributed by atoms with Crippen LogP contribution in [0.25, 0.3) is 0 Å². The third-order valence-electron chi connectivity index (χ3n) is 4.98. The van der Waals surface area contributed by atoms with Crippen molar-refractivity contribution >= 4 is 27.3 Å². The van der Waals surface area contributed by atoms with Gasteiger partial charge in [-0.05, 0) is 31.4 Å². The zero-order valence-corrected chi connectivity index (χ0v) is 18.2. The molecule has 0 radical (unpaired) electrons. The van der Waals surface area contributed by atoms with Crippen molar-refractivity contribution in [2.24, 2.45) is 5.92 Å². The van der Waals surface area contributed by atoms with Crippen molar-refractivity contribution in [2.45, 2.75) is 43.8 Å². The van der Waals surface area contributed by atoms with E-state index in [0.717, 1.165) is 12.8 Å². The zero-order chi connectivity index (χ0) is 21.0. The molecule has 2 aromatic rings. The molecule has 0 bridgehead atoms. The first kappa shape index (κ1) is 21.8. The lowest BCUT2D eigenvalue weighted by Crippen LogP contribution is -2.32. The summed E-state index contributed by atoms with van der Waals surface area (Å²) in [5.74, 6) is -0.0181. The molecular weight excluding hydrogens is 414 g/mol. The maximum atomic E-state index is 13.1. The fourth-order valence-electron chi connectivity index (χ4n) is 3.20. The molecule has 0 spiro atoms. The van der Waals surface area contributed by atoms with Crippen LogP contribution in [-0.2, 0) is 38.2 Å². The van der Waals surface area contributed by atoms with E-state index in [1.165, 1.54) is 6.20 Å². The second kappa shape index (κ2) is 9.28. The maximum Gasteiger partial charge on any atom is 0.228 e. The average Bonchev–Trinajstić information content (AvgIpc) is 3.46. The first-order valence-corrected chi connectivity index (χ1v) is 11.7. The van der Waals surface area contributed by atoms with Crippen molar-refractivity contribution in [3.8, 4) is 0 Å². The van der Waals surface area contributed by atoms with E-state index in [9.17, 15) is 13.2 Å². The molecule has 1 fully saturated rings.